The number of nitrogens with zero attached hydrogens (tertiary/aromatic N) is 1. The maximum atomic E-state index is 11.8. The highest BCUT2D eigenvalue weighted by Crippen LogP contribution is 2.24. The van der Waals surface area contributed by atoms with E-state index in [0.717, 1.165) is 6.54 Å². The van der Waals surface area contributed by atoms with Gasteiger partial charge in [0, 0.05) is 6.54 Å². The van der Waals surface area contributed by atoms with Gasteiger partial charge in [0.1, 0.15) is 0 Å². The van der Waals surface area contributed by atoms with Gasteiger partial charge in [0.05, 0.1) is 12.5 Å². The number of hydrogen-bond acceptors (Lipinski definition) is 3. The summed E-state index contributed by atoms with van der Waals surface area (Å²) in [5.41, 5.74) is 0. The molecule has 0 bridgehead atoms. The molecule has 4 heteroatoms. The molecule has 2 aliphatic rings. The molecule has 1 unspecified atom stereocenters. The maximum absolute atomic E-state index is 11.8. The average Bonchev–Trinajstić information content (AvgIpc) is 2.85. The van der Waals surface area contributed by atoms with E-state index in [1.807, 2.05) is 6.92 Å². The lowest BCUT2D eigenvalue weighted by Crippen LogP contribution is -2.40. The van der Waals surface area contributed by atoms with Gasteiger partial charge >= 0.3 is 0 Å². The number of likely N-dealkylation sites (N-methyl/N-ethyl adjacent to an activating group) is 1. The maximum Gasteiger partial charge on any atom is 0.246 e. The highest BCUT2D eigenvalue weighted by Gasteiger charge is 2.37. The SMILES string of the molecule is CCN1C(=O)CC(NCC2CCCC2)C1=O. The minimum atomic E-state index is -0.256. The number of rotatable bonds is 4. The average molecular weight is 224 g/mol. The molecule has 0 aromatic heterocycles. The molecule has 1 N–H and O–H groups in total. The number of carbonyl (C=O) groups is 2. The van der Waals surface area contributed by atoms with Crippen molar-refractivity contribution < 1.29 is 9.59 Å². The Morgan fingerprint density at radius 2 is 2.00 bits per heavy atom. The van der Waals surface area contributed by atoms with Crippen LogP contribution in [0, 0.1) is 5.92 Å². The van der Waals surface area contributed by atoms with Crippen LogP contribution in [0.5, 0.6) is 0 Å². The molecule has 2 fully saturated rings. The van der Waals surface area contributed by atoms with Crippen LogP contribution in [-0.2, 0) is 9.59 Å². The molecule has 1 saturated carbocycles. The van der Waals surface area contributed by atoms with E-state index in [4.69, 9.17) is 0 Å². The van der Waals surface area contributed by atoms with E-state index in [1.54, 1.807) is 0 Å². The Morgan fingerprint density at radius 3 is 2.56 bits per heavy atom. The molecule has 90 valence electrons. The van der Waals surface area contributed by atoms with Gasteiger partial charge in [-0.15, -0.1) is 0 Å². The fourth-order valence-electron chi connectivity index (χ4n) is 2.70. The third-order valence-electron chi connectivity index (χ3n) is 3.69. The lowest BCUT2D eigenvalue weighted by Gasteiger charge is -2.15. The number of imide groups is 1. The topological polar surface area (TPSA) is 49.4 Å². The van der Waals surface area contributed by atoms with Crippen LogP contribution in [0.4, 0.5) is 0 Å². The molecule has 4 nitrogen and oxygen atoms in total. The van der Waals surface area contributed by atoms with Crippen molar-refractivity contribution in [3.63, 3.8) is 0 Å². The third kappa shape index (κ3) is 2.26. The molecular formula is C12H20N2O2. The van der Waals surface area contributed by atoms with E-state index in [9.17, 15) is 9.59 Å². The van der Waals surface area contributed by atoms with Crippen molar-refractivity contribution >= 4 is 11.8 Å². The van der Waals surface area contributed by atoms with E-state index in [0.29, 0.717) is 18.9 Å². The third-order valence-corrected chi connectivity index (χ3v) is 3.69. The fraction of sp³-hybridized carbons (Fsp3) is 0.833. The Bertz CT molecular complexity index is 285. The van der Waals surface area contributed by atoms with Crippen LogP contribution >= 0.6 is 0 Å². The second-order valence-electron chi connectivity index (χ2n) is 4.79. The zero-order chi connectivity index (χ0) is 11.5. The van der Waals surface area contributed by atoms with Crippen LogP contribution in [0.1, 0.15) is 39.0 Å². The molecule has 1 atom stereocenters. The normalized spacial score (nSPS) is 27.1. The van der Waals surface area contributed by atoms with Crippen molar-refractivity contribution in [3.05, 3.63) is 0 Å². The van der Waals surface area contributed by atoms with Crippen LogP contribution in [0.2, 0.25) is 0 Å². The van der Waals surface area contributed by atoms with Crippen LogP contribution in [0.25, 0.3) is 0 Å². The Hall–Kier alpha value is -0.900. The monoisotopic (exact) mass is 224 g/mol. The summed E-state index contributed by atoms with van der Waals surface area (Å²) in [4.78, 5) is 24.6. The molecule has 1 heterocycles. The van der Waals surface area contributed by atoms with Gasteiger partial charge in [0.2, 0.25) is 11.8 Å². The van der Waals surface area contributed by atoms with Gasteiger partial charge < -0.3 is 5.32 Å². The van der Waals surface area contributed by atoms with E-state index in [2.05, 4.69) is 5.32 Å². The van der Waals surface area contributed by atoms with Crippen molar-refractivity contribution in [2.24, 2.45) is 5.92 Å². The Balaban J connectivity index is 1.82. The first-order valence-corrected chi connectivity index (χ1v) is 6.30. The van der Waals surface area contributed by atoms with Gasteiger partial charge in [-0.1, -0.05) is 12.8 Å². The van der Waals surface area contributed by atoms with E-state index in [-0.39, 0.29) is 17.9 Å². The van der Waals surface area contributed by atoms with E-state index >= 15 is 0 Å². The first kappa shape index (κ1) is 11.6. The van der Waals surface area contributed by atoms with E-state index in [1.165, 1.54) is 30.6 Å². The van der Waals surface area contributed by atoms with Crippen molar-refractivity contribution in [1.29, 1.82) is 0 Å². The number of likely N-dealkylation sites (tertiary alicyclic amines) is 1. The van der Waals surface area contributed by atoms with Gasteiger partial charge in [-0.25, -0.2) is 0 Å². The Labute approximate surface area is 96.4 Å². The summed E-state index contributed by atoms with van der Waals surface area (Å²) in [6.07, 6.45) is 5.49. The summed E-state index contributed by atoms with van der Waals surface area (Å²) in [5, 5.41) is 3.26. The molecule has 0 aromatic carbocycles. The highest BCUT2D eigenvalue weighted by molar-refractivity contribution is 6.05. The molecule has 2 rings (SSSR count). The van der Waals surface area contributed by atoms with Gasteiger partial charge in [0.25, 0.3) is 0 Å². The zero-order valence-corrected chi connectivity index (χ0v) is 9.87. The molecule has 1 aliphatic carbocycles. The first-order chi connectivity index (χ1) is 7.72. The van der Waals surface area contributed by atoms with Crippen LogP contribution in [0.3, 0.4) is 0 Å². The standard InChI is InChI=1S/C12H20N2O2/c1-2-14-11(15)7-10(12(14)16)13-8-9-5-3-4-6-9/h9-10,13H,2-8H2,1H3. The summed E-state index contributed by atoms with van der Waals surface area (Å²) < 4.78 is 0. The molecule has 1 aliphatic heterocycles. The molecule has 0 spiro atoms. The molecule has 0 radical (unpaired) electrons. The van der Waals surface area contributed by atoms with Crippen molar-refractivity contribution in [1.82, 2.24) is 10.2 Å². The molecule has 16 heavy (non-hydrogen) atoms. The minimum Gasteiger partial charge on any atom is -0.305 e. The van der Waals surface area contributed by atoms with Gasteiger partial charge in [-0.2, -0.15) is 0 Å². The molecule has 0 aromatic rings. The summed E-state index contributed by atoms with van der Waals surface area (Å²) in [6.45, 7) is 3.23. The summed E-state index contributed by atoms with van der Waals surface area (Å²) in [5.74, 6) is 0.639. The predicted octanol–water partition coefficient (Wildman–Crippen LogP) is 0.914. The minimum absolute atomic E-state index is 0.0311. The Kier molecular flexibility index (Phi) is 3.59. The van der Waals surface area contributed by atoms with E-state index < -0.39 is 0 Å². The molecular weight excluding hydrogens is 204 g/mol. The predicted molar refractivity (Wildman–Crippen MR) is 60.8 cm³/mol. The smallest absolute Gasteiger partial charge is 0.246 e. The lowest BCUT2D eigenvalue weighted by atomic mass is 10.1. The van der Waals surface area contributed by atoms with Crippen molar-refractivity contribution in [3.8, 4) is 0 Å². The second kappa shape index (κ2) is 4.95. The quantitative estimate of drug-likeness (QED) is 0.722. The van der Waals surface area contributed by atoms with Gasteiger partial charge in [-0.3, -0.25) is 14.5 Å². The molecule has 1 saturated heterocycles. The van der Waals surface area contributed by atoms with Crippen LogP contribution < -0.4 is 5.32 Å². The number of hydrogen-bond donors (Lipinski definition) is 1. The highest BCUT2D eigenvalue weighted by atomic mass is 16.2. The molecule has 2 amide bonds. The largest absolute Gasteiger partial charge is 0.305 e. The second-order valence-corrected chi connectivity index (χ2v) is 4.79. The Morgan fingerprint density at radius 1 is 1.31 bits per heavy atom. The zero-order valence-electron chi connectivity index (χ0n) is 9.87. The van der Waals surface area contributed by atoms with Crippen LogP contribution in [-0.4, -0.2) is 35.8 Å². The van der Waals surface area contributed by atoms with Crippen molar-refractivity contribution in [2.45, 2.75) is 45.1 Å². The van der Waals surface area contributed by atoms with Crippen molar-refractivity contribution in [2.75, 3.05) is 13.1 Å². The van der Waals surface area contributed by atoms with Gasteiger partial charge in [-0.05, 0) is 32.2 Å². The van der Waals surface area contributed by atoms with Gasteiger partial charge in [0.15, 0.2) is 0 Å². The number of amides is 2. The fourth-order valence-corrected chi connectivity index (χ4v) is 2.70. The lowest BCUT2D eigenvalue weighted by molar-refractivity contribution is -0.138. The summed E-state index contributed by atoms with van der Waals surface area (Å²) in [7, 11) is 0. The van der Waals surface area contributed by atoms with Crippen LogP contribution in [0.15, 0.2) is 0 Å². The summed E-state index contributed by atoms with van der Waals surface area (Å²) >= 11 is 0. The first-order valence-electron chi connectivity index (χ1n) is 6.30. The summed E-state index contributed by atoms with van der Waals surface area (Å²) in [6, 6.07) is -0.256. The number of nitrogens with one attached hydrogen (secondary N) is 1. The number of carbonyl (C=O) groups excluding carboxylic acids is 2.